The van der Waals surface area contributed by atoms with Crippen LogP contribution >= 0.6 is 0 Å². The molecule has 7 nitrogen and oxygen atoms in total. The normalized spacial score (nSPS) is 15.4. The van der Waals surface area contributed by atoms with Crippen molar-refractivity contribution in [3.05, 3.63) is 58.4 Å². The molecular weight excluding hydrogens is 481 g/mol. The number of rotatable bonds is 7. The quantitative estimate of drug-likeness (QED) is 0.350. The Labute approximate surface area is 204 Å². The molecule has 4 rings (SSSR count). The SMILES string of the molecule is COc1ccc(Oc2c(C(F)(F)F)oc3cc(OC(C)C(=O)OC4CCCCC4)ccc3c2=O)cc1. The lowest BCUT2D eigenvalue weighted by molar-refractivity contribution is -0.158. The van der Waals surface area contributed by atoms with Crippen molar-refractivity contribution in [2.45, 2.75) is 57.4 Å². The van der Waals surface area contributed by atoms with Crippen LogP contribution in [0.3, 0.4) is 0 Å². The third-order valence-electron chi connectivity index (χ3n) is 5.84. The number of carbonyl (C=O) groups is 1. The Hall–Kier alpha value is -3.69. The van der Waals surface area contributed by atoms with Crippen LogP contribution in [0.1, 0.15) is 44.8 Å². The van der Waals surface area contributed by atoms with Crippen molar-refractivity contribution in [3.63, 3.8) is 0 Å². The van der Waals surface area contributed by atoms with E-state index in [0.717, 1.165) is 38.2 Å². The minimum absolute atomic E-state index is 0.00166. The van der Waals surface area contributed by atoms with Crippen molar-refractivity contribution >= 4 is 16.9 Å². The van der Waals surface area contributed by atoms with E-state index in [2.05, 4.69) is 0 Å². The molecule has 1 aliphatic carbocycles. The van der Waals surface area contributed by atoms with Crippen molar-refractivity contribution < 1.29 is 41.3 Å². The predicted molar refractivity (Wildman–Crippen MR) is 124 cm³/mol. The molecule has 0 amide bonds. The Morgan fingerprint density at radius 1 is 1.00 bits per heavy atom. The van der Waals surface area contributed by atoms with E-state index in [4.69, 9.17) is 23.4 Å². The molecule has 0 spiro atoms. The lowest BCUT2D eigenvalue weighted by Gasteiger charge is -2.23. The van der Waals surface area contributed by atoms with Gasteiger partial charge in [0.05, 0.1) is 12.5 Å². The van der Waals surface area contributed by atoms with Crippen molar-refractivity contribution in [3.8, 4) is 23.0 Å². The number of esters is 1. The average Bonchev–Trinajstić information content (AvgIpc) is 2.86. The Morgan fingerprint density at radius 2 is 1.64 bits per heavy atom. The van der Waals surface area contributed by atoms with Gasteiger partial charge in [-0.25, -0.2) is 4.79 Å². The fourth-order valence-corrected chi connectivity index (χ4v) is 3.97. The molecule has 1 saturated carbocycles. The van der Waals surface area contributed by atoms with Crippen LogP contribution in [0.2, 0.25) is 0 Å². The van der Waals surface area contributed by atoms with Gasteiger partial charge in [0.2, 0.25) is 11.2 Å². The highest BCUT2D eigenvalue weighted by atomic mass is 19.4. The zero-order valence-corrected chi connectivity index (χ0v) is 19.7. The molecule has 1 aromatic heterocycles. The van der Waals surface area contributed by atoms with Crippen molar-refractivity contribution in [1.82, 2.24) is 0 Å². The van der Waals surface area contributed by atoms with Gasteiger partial charge in [-0.3, -0.25) is 4.79 Å². The molecule has 1 atom stereocenters. The van der Waals surface area contributed by atoms with E-state index in [0.29, 0.717) is 5.75 Å². The molecule has 36 heavy (non-hydrogen) atoms. The smallest absolute Gasteiger partial charge is 0.453 e. The summed E-state index contributed by atoms with van der Waals surface area (Å²) in [5, 5.41) is -0.142. The Bertz CT molecular complexity index is 1280. The van der Waals surface area contributed by atoms with Crippen LogP contribution in [0, 0.1) is 0 Å². The second-order valence-corrected chi connectivity index (χ2v) is 8.48. The maximum atomic E-state index is 13.8. The van der Waals surface area contributed by atoms with Gasteiger partial charge in [-0.1, -0.05) is 6.42 Å². The van der Waals surface area contributed by atoms with Gasteiger partial charge in [-0.2, -0.15) is 13.2 Å². The summed E-state index contributed by atoms with van der Waals surface area (Å²) in [7, 11) is 1.44. The van der Waals surface area contributed by atoms with E-state index in [9.17, 15) is 22.8 Å². The van der Waals surface area contributed by atoms with Crippen LogP contribution in [-0.4, -0.2) is 25.3 Å². The molecule has 10 heteroatoms. The van der Waals surface area contributed by atoms with Crippen LogP contribution in [0.25, 0.3) is 11.0 Å². The summed E-state index contributed by atoms with van der Waals surface area (Å²) in [4.78, 5) is 25.3. The van der Waals surface area contributed by atoms with Crippen LogP contribution < -0.4 is 19.6 Å². The van der Waals surface area contributed by atoms with Gasteiger partial charge in [-0.15, -0.1) is 0 Å². The van der Waals surface area contributed by atoms with Gasteiger partial charge in [0.15, 0.2) is 6.10 Å². The molecule has 0 aliphatic heterocycles. The van der Waals surface area contributed by atoms with Crippen molar-refractivity contribution in [2.75, 3.05) is 7.11 Å². The highest BCUT2D eigenvalue weighted by molar-refractivity contribution is 5.80. The van der Waals surface area contributed by atoms with Gasteiger partial charge < -0.3 is 23.4 Å². The molecule has 3 aromatic rings. The lowest BCUT2D eigenvalue weighted by atomic mass is 9.98. The molecule has 1 heterocycles. The van der Waals surface area contributed by atoms with E-state index < -0.39 is 35.2 Å². The first-order valence-electron chi connectivity index (χ1n) is 11.5. The fraction of sp³-hybridized carbons (Fsp3) is 0.385. The summed E-state index contributed by atoms with van der Waals surface area (Å²) in [5.74, 6) is -2.62. The lowest BCUT2D eigenvalue weighted by Crippen LogP contribution is -2.31. The predicted octanol–water partition coefficient (Wildman–Crippen LogP) is 6.26. The first kappa shape index (κ1) is 25.4. The monoisotopic (exact) mass is 506 g/mol. The maximum Gasteiger partial charge on any atom is 0.453 e. The molecule has 0 saturated heterocycles. The standard InChI is InChI=1S/C26H25F3O7/c1-15(25(31)35-17-6-4-3-5-7-17)33-19-12-13-20-21(14-19)36-24(26(27,28)29)23(22(20)30)34-18-10-8-16(32-2)9-11-18/h8-15,17H,3-7H2,1-2H3. The third-order valence-corrected chi connectivity index (χ3v) is 5.84. The summed E-state index contributed by atoms with van der Waals surface area (Å²) in [6.07, 6.45) is -1.51. The van der Waals surface area contributed by atoms with Gasteiger partial charge in [-0.05, 0) is 69.0 Å². The summed E-state index contributed by atoms with van der Waals surface area (Å²) in [6.45, 7) is 1.48. The number of ether oxygens (including phenoxy) is 4. The van der Waals surface area contributed by atoms with Crippen LogP contribution in [0.15, 0.2) is 51.7 Å². The van der Waals surface area contributed by atoms with Gasteiger partial charge >= 0.3 is 12.1 Å². The Balaban J connectivity index is 1.60. The number of methoxy groups -OCH3 is 1. The highest BCUT2D eigenvalue weighted by Crippen LogP contribution is 2.39. The van der Waals surface area contributed by atoms with Crippen LogP contribution in [0.4, 0.5) is 13.2 Å². The van der Waals surface area contributed by atoms with Gasteiger partial charge in [0.25, 0.3) is 5.76 Å². The Kier molecular flexibility index (Phi) is 7.42. The molecule has 1 unspecified atom stereocenters. The van der Waals surface area contributed by atoms with Gasteiger partial charge in [0, 0.05) is 6.07 Å². The highest BCUT2D eigenvalue weighted by Gasteiger charge is 2.40. The minimum atomic E-state index is -5.01. The first-order valence-corrected chi connectivity index (χ1v) is 11.5. The van der Waals surface area contributed by atoms with Crippen LogP contribution in [0.5, 0.6) is 23.0 Å². The molecule has 0 radical (unpaired) electrons. The van der Waals surface area contributed by atoms with Crippen molar-refractivity contribution in [1.29, 1.82) is 0 Å². The molecule has 192 valence electrons. The summed E-state index contributed by atoms with van der Waals surface area (Å²) in [5.41, 5.74) is -1.37. The molecular formula is C26H25F3O7. The second-order valence-electron chi connectivity index (χ2n) is 8.48. The summed E-state index contributed by atoms with van der Waals surface area (Å²) < 4.78 is 67.8. The van der Waals surface area contributed by atoms with Crippen molar-refractivity contribution in [2.24, 2.45) is 0 Å². The molecule has 0 bridgehead atoms. The van der Waals surface area contributed by atoms with E-state index >= 15 is 0 Å². The largest absolute Gasteiger partial charge is 0.497 e. The fourth-order valence-electron chi connectivity index (χ4n) is 3.97. The molecule has 0 N–H and O–H groups in total. The Morgan fingerprint density at radius 3 is 2.28 bits per heavy atom. The number of carbonyl (C=O) groups excluding carboxylic acids is 1. The number of hydrogen-bond donors (Lipinski definition) is 0. The minimum Gasteiger partial charge on any atom is -0.497 e. The zero-order valence-electron chi connectivity index (χ0n) is 19.7. The number of benzene rings is 2. The van der Waals surface area contributed by atoms with Crippen LogP contribution in [-0.2, 0) is 15.7 Å². The number of alkyl halides is 3. The van der Waals surface area contributed by atoms with E-state index in [1.807, 2.05) is 0 Å². The molecule has 2 aromatic carbocycles. The second kappa shape index (κ2) is 10.5. The van der Waals surface area contributed by atoms with Gasteiger partial charge in [0.1, 0.15) is 28.9 Å². The van der Waals surface area contributed by atoms with E-state index in [1.54, 1.807) is 0 Å². The summed E-state index contributed by atoms with van der Waals surface area (Å²) in [6, 6.07) is 9.46. The maximum absolute atomic E-state index is 13.8. The molecule has 1 fully saturated rings. The summed E-state index contributed by atoms with van der Waals surface area (Å²) >= 11 is 0. The topological polar surface area (TPSA) is 84.2 Å². The van der Waals surface area contributed by atoms with E-state index in [1.165, 1.54) is 50.4 Å². The third kappa shape index (κ3) is 5.75. The molecule has 1 aliphatic rings. The number of fused-ring (bicyclic) bond motifs is 1. The number of halogens is 3. The average molecular weight is 506 g/mol. The zero-order chi connectivity index (χ0) is 25.9. The first-order chi connectivity index (χ1) is 17.2. The van der Waals surface area contributed by atoms with E-state index in [-0.39, 0.29) is 28.6 Å². The number of hydrogen-bond acceptors (Lipinski definition) is 7.